The van der Waals surface area contributed by atoms with E-state index in [-0.39, 0.29) is 29.5 Å². The molecule has 150 valence electrons. The van der Waals surface area contributed by atoms with Crippen molar-refractivity contribution in [2.75, 3.05) is 39.9 Å². The highest BCUT2D eigenvalue weighted by Gasteiger charge is 2.28. The summed E-state index contributed by atoms with van der Waals surface area (Å²) in [6.45, 7) is 9.37. The molecule has 1 fully saturated rings. The number of aliphatic imine (C=N–C) groups is 1. The highest BCUT2D eigenvalue weighted by molar-refractivity contribution is 14.0. The number of aromatic nitrogens is 1. The maximum absolute atomic E-state index is 5.55. The van der Waals surface area contributed by atoms with Crippen LogP contribution in [0.3, 0.4) is 0 Å². The first-order valence-corrected chi connectivity index (χ1v) is 9.72. The minimum absolute atomic E-state index is 0. The highest BCUT2D eigenvalue weighted by Crippen LogP contribution is 2.23. The zero-order valence-corrected chi connectivity index (χ0v) is 19.2. The molecule has 3 heterocycles. The zero-order valence-electron chi connectivity index (χ0n) is 16.0. The molecule has 0 bridgehead atoms. The monoisotopic (exact) mass is 505 g/mol. The molecule has 0 unspecified atom stereocenters. The molecule has 9 heteroatoms. The topological polar surface area (TPSA) is 74.9 Å². The third kappa shape index (κ3) is 6.16. The Balaban J connectivity index is 0.00000261. The number of halogens is 1. The van der Waals surface area contributed by atoms with Gasteiger partial charge >= 0.3 is 0 Å². The van der Waals surface area contributed by atoms with Crippen LogP contribution in [0.4, 0.5) is 0 Å². The van der Waals surface area contributed by atoms with Crippen LogP contribution >= 0.6 is 35.3 Å². The van der Waals surface area contributed by atoms with Gasteiger partial charge in [-0.05, 0) is 25.3 Å². The van der Waals surface area contributed by atoms with Gasteiger partial charge in [0, 0.05) is 32.2 Å². The Labute approximate surface area is 181 Å². The van der Waals surface area contributed by atoms with Gasteiger partial charge in [-0.2, -0.15) is 0 Å². The lowest BCUT2D eigenvalue weighted by atomic mass is 10.0. The van der Waals surface area contributed by atoms with Crippen LogP contribution in [0.5, 0.6) is 0 Å². The number of oxazole rings is 1. The summed E-state index contributed by atoms with van der Waals surface area (Å²) in [5.41, 5.74) is 0.880. The van der Waals surface area contributed by atoms with E-state index < -0.39 is 0 Å². The normalized spacial score (nSPS) is 16.0. The summed E-state index contributed by atoms with van der Waals surface area (Å²) < 4.78 is 11.0. The van der Waals surface area contributed by atoms with Crippen molar-refractivity contribution in [1.82, 2.24) is 20.5 Å². The number of nitrogens with one attached hydrogen (secondary N) is 2. The summed E-state index contributed by atoms with van der Waals surface area (Å²) in [6.07, 6.45) is 1.69. The third-order valence-electron chi connectivity index (χ3n) is 4.50. The second-order valence-electron chi connectivity index (χ2n) is 6.81. The lowest BCUT2D eigenvalue weighted by Gasteiger charge is -2.41. The summed E-state index contributed by atoms with van der Waals surface area (Å²) >= 11 is 1.62. The van der Waals surface area contributed by atoms with Crippen LogP contribution in [-0.2, 0) is 11.3 Å². The molecule has 0 radical (unpaired) electrons. The molecule has 7 nitrogen and oxygen atoms in total. The van der Waals surface area contributed by atoms with Crippen LogP contribution in [0.25, 0.3) is 10.8 Å². The van der Waals surface area contributed by atoms with Crippen molar-refractivity contribution in [3.8, 4) is 10.8 Å². The molecule has 0 spiro atoms. The van der Waals surface area contributed by atoms with Gasteiger partial charge in [0.05, 0.1) is 30.3 Å². The number of ether oxygens (including phenoxy) is 1. The molecule has 0 saturated carbocycles. The molecule has 0 amide bonds. The fraction of sp³-hybridized carbons (Fsp3) is 0.556. The lowest BCUT2D eigenvalue weighted by Crippen LogP contribution is -2.56. The largest absolute Gasteiger partial charge is 0.443 e. The van der Waals surface area contributed by atoms with Crippen molar-refractivity contribution in [3.05, 3.63) is 29.5 Å². The van der Waals surface area contributed by atoms with Crippen molar-refractivity contribution < 1.29 is 9.15 Å². The summed E-state index contributed by atoms with van der Waals surface area (Å²) in [4.78, 5) is 12.3. The van der Waals surface area contributed by atoms with E-state index in [1.54, 1.807) is 24.6 Å². The molecule has 1 aliphatic heterocycles. The van der Waals surface area contributed by atoms with Crippen LogP contribution in [0.1, 0.15) is 19.5 Å². The molecule has 2 N–H and O–H groups in total. The van der Waals surface area contributed by atoms with E-state index >= 15 is 0 Å². The van der Waals surface area contributed by atoms with Crippen molar-refractivity contribution in [3.63, 3.8) is 0 Å². The fourth-order valence-corrected chi connectivity index (χ4v) is 3.53. The molecule has 2 aromatic rings. The average molecular weight is 505 g/mol. The van der Waals surface area contributed by atoms with Crippen LogP contribution < -0.4 is 10.6 Å². The van der Waals surface area contributed by atoms with E-state index in [9.17, 15) is 0 Å². The van der Waals surface area contributed by atoms with Crippen LogP contribution in [0, 0.1) is 0 Å². The van der Waals surface area contributed by atoms with Crippen molar-refractivity contribution in [2.24, 2.45) is 4.99 Å². The minimum Gasteiger partial charge on any atom is -0.443 e. The number of guanidine groups is 1. The van der Waals surface area contributed by atoms with Crippen LogP contribution in [0.15, 0.2) is 33.2 Å². The van der Waals surface area contributed by atoms with Crippen molar-refractivity contribution >= 4 is 41.3 Å². The van der Waals surface area contributed by atoms with Gasteiger partial charge in [0.25, 0.3) is 0 Å². The van der Waals surface area contributed by atoms with E-state index in [2.05, 4.69) is 39.4 Å². The van der Waals surface area contributed by atoms with Gasteiger partial charge in [0.15, 0.2) is 5.96 Å². The molecular weight excluding hydrogens is 477 g/mol. The molecule has 3 rings (SSSR count). The number of hydrogen-bond donors (Lipinski definition) is 2. The minimum atomic E-state index is 0. The number of rotatable bonds is 6. The summed E-state index contributed by atoms with van der Waals surface area (Å²) in [5.74, 6) is 1.42. The molecular formula is C18H28IN5O2S. The molecule has 1 saturated heterocycles. The van der Waals surface area contributed by atoms with Gasteiger partial charge in [0.2, 0.25) is 5.89 Å². The lowest BCUT2D eigenvalue weighted by molar-refractivity contribution is -0.00834. The predicted molar refractivity (Wildman–Crippen MR) is 120 cm³/mol. The molecule has 0 aliphatic carbocycles. The standard InChI is InChI=1S/C18H27N5O2S.HI/c1-18(2,23-6-8-24-9-7-23)13-21-17(19-3)20-11-14-12-25-16(22-14)15-5-4-10-26-15;/h4-5,10,12H,6-9,11,13H2,1-3H3,(H2,19,20,21);1H. The van der Waals surface area contributed by atoms with E-state index in [0.29, 0.717) is 12.4 Å². The average Bonchev–Trinajstić information content (AvgIpc) is 3.34. The quantitative estimate of drug-likeness (QED) is 0.358. The Kier molecular flexibility index (Phi) is 8.52. The Morgan fingerprint density at radius 3 is 2.78 bits per heavy atom. The smallest absolute Gasteiger partial charge is 0.236 e. The number of nitrogens with zero attached hydrogens (tertiary/aromatic N) is 3. The van der Waals surface area contributed by atoms with E-state index in [4.69, 9.17) is 9.15 Å². The first-order chi connectivity index (χ1) is 12.6. The van der Waals surface area contributed by atoms with Gasteiger partial charge in [-0.25, -0.2) is 4.98 Å². The van der Waals surface area contributed by atoms with Gasteiger partial charge in [-0.1, -0.05) is 6.07 Å². The van der Waals surface area contributed by atoms with Gasteiger partial charge < -0.3 is 19.8 Å². The molecule has 0 aromatic carbocycles. The Hall–Kier alpha value is -1.17. The maximum atomic E-state index is 5.55. The molecule has 27 heavy (non-hydrogen) atoms. The fourth-order valence-electron chi connectivity index (χ4n) is 2.88. The van der Waals surface area contributed by atoms with Crippen LogP contribution in [0.2, 0.25) is 0 Å². The number of morpholine rings is 1. The van der Waals surface area contributed by atoms with Crippen molar-refractivity contribution in [2.45, 2.75) is 25.9 Å². The second kappa shape index (κ2) is 10.4. The van der Waals surface area contributed by atoms with Crippen molar-refractivity contribution in [1.29, 1.82) is 0 Å². The SMILES string of the molecule is CN=C(NCc1coc(-c2cccs2)n1)NCC(C)(C)N1CCOCC1.I. The Morgan fingerprint density at radius 2 is 2.11 bits per heavy atom. The summed E-state index contributed by atoms with van der Waals surface area (Å²) in [5, 5.41) is 8.72. The van der Waals surface area contributed by atoms with E-state index in [1.165, 1.54) is 0 Å². The van der Waals surface area contributed by atoms with Crippen LogP contribution in [-0.4, -0.2) is 61.3 Å². The second-order valence-corrected chi connectivity index (χ2v) is 7.76. The molecule has 1 aliphatic rings. The van der Waals surface area contributed by atoms with Gasteiger partial charge in [-0.3, -0.25) is 9.89 Å². The predicted octanol–water partition coefficient (Wildman–Crippen LogP) is 2.80. The summed E-state index contributed by atoms with van der Waals surface area (Å²) in [6, 6.07) is 3.99. The Morgan fingerprint density at radius 1 is 1.33 bits per heavy atom. The molecule has 2 aromatic heterocycles. The van der Waals surface area contributed by atoms with E-state index in [0.717, 1.165) is 49.4 Å². The highest BCUT2D eigenvalue weighted by atomic mass is 127. The Bertz CT molecular complexity index is 711. The zero-order chi connectivity index (χ0) is 18.4. The number of hydrogen-bond acceptors (Lipinski definition) is 6. The van der Waals surface area contributed by atoms with Gasteiger partial charge in [-0.15, -0.1) is 35.3 Å². The summed E-state index contributed by atoms with van der Waals surface area (Å²) in [7, 11) is 1.77. The third-order valence-corrected chi connectivity index (χ3v) is 5.36. The van der Waals surface area contributed by atoms with Gasteiger partial charge in [0.1, 0.15) is 6.26 Å². The first kappa shape index (κ1) is 22.1. The maximum Gasteiger partial charge on any atom is 0.236 e. The number of thiophene rings is 1. The first-order valence-electron chi connectivity index (χ1n) is 8.84. The van der Waals surface area contributed by atoms with E-state index in [1.807, 2.05) is 17.5 Å². The molecule has 0 atom stereocenters.